The third kappa shape index (κ3) is 2.68. The molecular weight excluding hydrogens is 292 g/mol. The number of imidazole rings is 1. The highest BCUT2D eigenvalue weighted by atomic mass is 15.1. The minimum absolute atomic E-state index is 0.971. The predicted octanol–water partition coefficient (Wildman–Crippen LogP) is 4.64. The molecule has 0 amide bonds. The summed E-state index contributed by atoms with van der Waals surface area (Å²) in [7, 11) is 2.05. The molecule has 0 spiro atoms. The van der Waals surface area contributed by atoms with E-state index >= 15 is 0 Å². The van der Waals surface area contributed by atoms with Gasteiger partial charge in [-0.25, -0.2) is 4.98 Å². The monoisotopic (exact) mass is 308 g/mol. The summed E-state index contributed by atoms with van der Waals surface area (Å²) in [4.78, 5) is 4.73. The topological polar surface area (TPSA) is 17.8 Å². The molecule has 4 rings (SSSR count). The maximum atomic E-state index is 4.73. The van der Waals surface area contributed by atoms with Crippen LogP contribution in [0.1, 0.15) is 11.1 Å². The normalized spacial score (nSPS) is 10.4. The van der Waals surface area contributed by atoms with Gasteiger partial charge in [0.2, 0.25) is 0 Å². The highest BCUT2D eigenvalue weighted by molar-refractivity contribution is 5.80. The van der Waals surface area contributed by atoms with Crippen LogP contribution in [0.25, 0.3) is 22.4 Å². The lowest BCUT2D eigenvalue weighted by molar-refractivity contribution is 0.959. The number of hydrogen-bond donors (Lipinski definition) is 0. The second kappa shape index (κ2) is 6.06. The van der Waals surface area contributed by atoms with Gasteiger partial charge in [0, 0.05) is 23.7 Å². The van der Waals surface area contributed by atoms with Crippen molar-refractivity contribution >= 4 is 11.0 Å². The fourth-order valence-electron chi connectivity index (χ4n) is 2.77. The van der Waals surface area contributed by atoms with Crippen molar-refractivity contribution in [1.82, 2.24) is 9.55 Å². The molecule has 0 saturated heterocycles. The minimum atomic E-state index is 0.971. The summed E-state index contributed by atoms with van der Waals surface area (Å²) in [5, 5.41) is 0. The standard InChI is InChI=1S/C22H16N2/c1-24-21-10-6-5-9-20(21)23-22(24)19-15-13-18(14-16-19)12-11-17-7-3-2-4-8-17/h2-10,13-16H,1H3. The summed E-state index contributed by atoms with van der Waals surface area (Å²) < 4.78 is 2.12. The van der Waals surface area contributed by atoms with Gasteiger partial charge in [0.25, 0.3) is 0 Å². The van der Waals surface area contributed by atoms with Gasteiger partial charge in [-0.1, -0.05) is 54.3 Å². The van der Waals surface area contributed by atoms with E-state index in [0.29, 0.717) is 0 Å². The maximum absolute atomic E-state index is 4.73. The molecule has 114 valence electrons. The molecule has 0 unspecified atom stereocenters. The molecule has 4 aromatic rings. The van der Waals surface area contributed by atoms with Crippen LogP contribution < -0.4 is 0 Å². The minimum Gasteiger partial charge on any atom is -0.327 e. The Morgan fingerprint density at radius 3 is 2.04 bits per heavy atom. The molecule has 24 heavy (non-hydrogen) atoms. The number of aromatic nitrogens is 2. The summed E-state index contributed by atoms with van der Waals surface area (Å²) >= 11 is 0. The Hall–Kier alpha value is -3.31. The molecule has 0 saturated carbocycles. The van der Waals surface area contributed by atoms with Crippen LogP contribution >= 0.6 is 0 Å². The van der Waals surface area contributed by atoms with Gasteiger partial charge in [-0.15, -0.1) is 0 Å². The molecule has 0 bridgehead atoms. The summed E-state index contributed by atoms with van der Waals surface area (Å²) in [6.45, 7) is 0. The van der Waals surface area contributed by atoms with E-state index in [2.05, 4.69) is 34.6 Å². The third-order valence-corrected chi connectivity index (χ3v) is 4.06. The molecule has 0 atom stereocenters. The van der Waals surface area contributed by atoms with Crippen molar-refractivity contribution in [3.05, 3.63) is 90.0 Å². The van der Waals surface area contributed by atoms with Crippen molar-refractivity contribution in [3.8, 4) is 23.2 Å². The SMILES string of the molecule is Cn1c(-c2ccc(C#Cc3ccccc3)cc2)nc2ccccc21. The molecule has 0 aliphatic carbocycles. The molecule has 0 fully saturated rings. The average Bonchev–Trinajstić information content (AvgIpc) is 2.98. The van der Waals surface area contributed by atoms with E-state index in [1.165, 1.54) is 0 Å². The zero-order chi connectivity index (χ0) is 16.4. The number of fused-ring (bicyclic) bond motifs is 1. The molecule has 0 radical (unpaired) electrons. The van der Waals surface area contributed by atoms with Crippen molar-refractivity contribution in [3.63, 3.8) is 0 Å². The van der Waals surface area contributed by atoms with E-state index in [1.807, 2.05) is 67.7 Å². The van der Waals surface area contributed by atoms with E-state index in [-0.39, 0.29) is 0 Å². The van der Waals surface area contributed by atoms with Gasteiger partial charge in [-0.05, 0) is 36.4 Å². The highest BCUT2D eigenvalue weighted by Crippen LogP contribution is 2.23. The van der Waals surface area contributed by atoms with E-state index in [0.717, 1.165) is 33.5 Å². The van der Waals surface area contributed by atoms with Gasteiger partial charge in [0.15, 0.2) is 0 Å². The Morgan fingerprint density at radius 2 is 1.33 bits per heavy atom. The summed E-state index contributed by atoms with van der Waals surface area (Å²) in [5.74, 6) is 7.36. The van der Waals surface area contributed by atoms with Crippen LogP contribution in [0.15, 0.2) is 78.9 Å². The molecule has 1 heterocycles. The van der Waals surface area contributed by atoms with Crippen LogP contribution in [0.2, 0.25) is 0 Å². The van der Waals surface area contributed by atoms with Crippen molar-refractivity contribution in [1.29, 1.82) is 0 Å². The number of aryl methyl sites for hydroxylation is 1. The second-order valence-corrected chi connectivity index (χ2v) is 5.68. The molecule has 0 aliphatic heterocycles. The largest absolute Gasteiger partial charge is 0.327 e. The van der Waals surface area contributed by atoms with Gasteiger partial charge in [-0.2, -0.15) is 0 Å². The van der Waals surface area contributed by atoms with Crippen molar-refractivity contribution in [2.75, 3.05) is 0 Å². The van der Waals surface area contributed by atoms with E-state index < -0.39 is 0 Å². The van der Waals surface area contributed by atoms with E-state index in [1.54, 1.807) is 0 Å². The van der Waals surface area contributed by atoms with Crippen molar-refractivity contribution in [2.45, 2.75) is 0 Å². The lowest BCUT2D eigenvalue weighted by atomic mass is 10.1. The first kappa shape index (κ1) is 14.3. The van der Waals surface area contributed by atoms with Gasteiger partial charge in [0.1, 0.15) is 5.82 Å². The number of hydrogen-bond acceptors (Lipinski definition) is 1. The van der Waals surface area contributed by atoms with Crippen LogP contribution in [0.4, 0.5) is 0 Å². The van der Waals surface area contributed by atoms with E-state index in [9.17, 15) is 0 Å². The number of nitrogens with zero attached hydrogens (tertiary/aromatic N) is 2. The van der Waals surface area contributed by atoms with Gasteiger partial charge in [-0.3, -0.25) is 0 Å². The first-order valence-corrected chi connectivity index (χ1v) is 7.90. The number of para-hydroxylation sites is 2. The average molecular weight is 308 g/mol. The van der Waals surface area contributed by atoms with Crippen LogP contribution in [0.5, 0.6) is 0 Å². The van der Waals surface area contributed by atoms with Gasteiger partial charge >= 0.3 is 0 Å². The molecule has 1 aromatic heterocycles. The van der Waals surface area contributed by atoms with Crippen molar-refractivity contribution < 1.29 is 0 Å². The Bertz CT molecular complexity index is 1050. The zero-order valence-corrected chi connectivity index (χ0v) is 13.4. The quantitative estimate of drug-likeness (QED) is 0.468. The Balaban J connectivity index is 1.66. The highest BCUT2D eigenvalue weighted by Gasteiger charge is 2.08. The smallest absolute Gasteiger partial charge is 0.140 e. The number of benzene rings is 3. The molecule has 0 N–H and O–H groups in total. The summed E-state index contributed by atoms with van der Waals surface area (Å²) in [6.07, 6.45) is 0. The lowest BCUT2D eigenvalue weighted by Crippen LogP contribution is -1.92. The van der Waals surface area contributed by atoms with Crippen LogP contribution in [-0.4, -0.2) is 9.55 Å². The van der Waals surface area contributed by atoms with E-state index in [4.69, 9.17) is 4.98 Å². The Kier molecular flexibility index (Phi) is 3.61. The Morgan fingerprint density at radius 1 is 0.708 bits per heavy atom. The van der Waals surface area contributed by atoms with Gasteiger partial charge < -0.3 is 4.57 Å². The lowest BCUT2D eigenvalue weighted by Gasteiger charge is -2.02. The first-order chi connectivity index (χ1) is 11.8. The summed E-state index contributed by atoms with van der Waals surface area (Å²) in [5.41, 5.74) is 5.28. The molecule has 2 heteroatoms. The third-order valence-electron chi connectivity index (χ3n) is 4.06. The Labute approximate surface area is 141 Å². The predicted molar refractivity (Wildman–Crippen MR) is 98.6 cm³/mol. The fourth-order valence-corrected chi connectivity index (χ4v) is 2.77. The van der Waals surface area contributed by atoms with Crippen LogP contribution in [0, 0.1) is 11.8 Å². The second-order valence-electron chi connectivity index (χ2n) is 5.68. The molecular formula is C22H16N2. The number of rotatable bonds is 1. The molecule has 2 nitrogen and oxygen atoms in total. The first-order valence-electron chi connectivity index (χ1n) is 7.90. The summed E-state index contributed by atoms with van der Waals surface area (Å²) in [6, 6.07) is 26.5. The van der Waals surface area contributed by atoms with Crippen LogP contribution in [0.3, 0.4) is 0 Å². The maximum Gasteiger partial charge on any atom is 0.140 e. The van der Waals surface area contributed by atoms with Gasteiger partial charge in [0.05, 0.1) is 11.0 Å². The van der Waals surface area contributed by atoms with Crippen LogP contribution in [-0.2, 0) is 7.05 Å². The molecule has 0 aliphatic rings. The van der Waals surface area contributed by atoms with Crippen molar-refractivity contribution in [2.24, 2.45) is 7.05 Å². The molecule has 3 aromatic carbocycles. The fraction of sp³-hybridized carbons (Fsp3) is 0.0455. The zero-order valence-electron chi connectivity index (χ0n) is 13.4.